The van der Waals surface area contributed by atoms with E-state index < -0.39 is 0 Å². The van der Waals surface area contributed by atoms with E-state index in [0.717, 1.165) is 11.3 Å². The van der Waals surface area contributed by atoms with Crippen molar-refractivity contribution < 1.29 is 9.59 Å². The Morgan fingerprint density at radius 3 is 2.45 bits per heavy atom. The van der Waals surface area contributed by atoms with Crippen LogP contribution in [0, 0.1) is 6.92 Å². The highest BCUT2D eigenvalue weighted by Crippen LogP contribution is 2.23. The SMILES string of the molecule is CCc1cc(C(=O)N(CC)CC(=O)NC(C)C)sc1C. The number of aryl methyl sites for hydroxylation is 2. The molecule has 0 aliphatic rings. The second-order valence-corrected chi connectivity index (χ2v) is 6.34. The largest absolute Gasteiger partial charge is 0.352 e. The molecule has 1 N–H and O–H groups in total. The van der Waals surface area contributed by atoms with Gasteiger partial charge in [-0.2, -0.15) is 0 Å². The fraction of sp³-hybridized carbons (Fsp3) is 0.600. The second kappa shape index (κ2) is 7.43. The molecule has 1 heterocycles. The van der Waals surface area contributed by atoms with Crippen LogP contribution in [0.1, 0.15) is 47.8 Å². The maximum atomic E-state index is 12.4. The van der Waals surface area contributed by atoms with Gasteiger partial charge in [0.05, 0.1) is 11.4 Å². The number of hydrogen-bond acceptors (Lipinski definition) is 3. The molecule has 4 nitrogen and oxygen atoms in total. The van der Waals surface area contributed by atoms with E-state index in [1.165, 1.54) is 21.8 Å². The third-order valence-electron chi connectivity index (χ3n) is 3.07. The number of nitrogens with one attached hydrogen (secondary N) is 1. The summed E-state index contributed by atoms with van der Waals surface area (Å²) < 4.78 is 0. The Morgan fingerprint density at radius 2 is 2.00 bits per heavy atom. The van der Waals surface area contributed by atoms with Crippen LogP contribution in [-0.4, -0.2) is 35.8 Å². The molecule has 1 aromatic rings. The Kier molecular flexibility index (Phi) is 6.20. The van der Waals surface area contributed by atoms with Crippen molar-refractivity contribution in [2.45, 2.75) is 47.1 Å². The van der Waals surface area contributed by atoms with Crippen molar-refractivity contribution in [3.63, 3.8) is 0 Å². The highest BCUT2D eigenvalue weighted by Gasteiger charge is 2.20. The number of rotatable bonds is 6. The van der Waals surface area contributed by atoms with Crippen molar-refractivity contribution in [2.24, 2.45) is 0 Å². The lowest BCUT2D eigenvalue weighted by Crippen LogP contribution is -2.42. The Hall–Kier alpha value is -1.36. The van der Waals surface area contributed by atoms with Crippen LogP contribution in [0.3, 0.4) is 0 Å². The standard InChI is InChI=1S/C15H24N2O2S/c1-6-12-8-13(20-11(12)5)15(19)17(7-2)9-14(18)16-10(3)4/h8,10H,6-7,9H2,1-5H3,(H,16,18). The molecule has 5 heteroatoms. The molecule has 0 spiro atoms. The molecule has 0 atom stereocenters. The van der Waals surface area contributed by atoms with Gasteiger partial charge in [0.2, 0.25) is 5.91 Å². The van der Waals surface area contributed by atoms with E-state index in [1.54, 1.807) is 4.90 Å². The summed E-state index contributed by atoms with van der Waals surface area (Å²) in [7, 11) is 0. The molecule has 0 aliphatic carbocycles. The third-order valence-corrected chi connectivity index (χ3v) is 4.15. The lowest BCUT2D eigenvalue weighted by Gasteiger charge is -2.20. The van der Waals surface area contributed by atoms with Gasteiger partial charge in [-0.15, -0.1) is 11.3 Å². The minimum absolute atomic E-state index is 0.0563. The molecular formula is C15H24N2O2S. The van der Waals surface area contributed by atoms with Crippen molar-refractivity contribution in [3.8, 4) is 0 Å². The van der Waals surface area contributed by atoms with Crippen LogP contribution < -0.4 is 5.32 Å². The quantitative estimate of drug-likeness (QED) is 0.877. The zero-order valence-corrected chi connectivity index (χ0v) is 13.8. The number of likely N-dealkylation sites (N-methyl/N-ethyl adjacent to an activating group) is 1. The zero-order chi connectivity index (χ0) is 15.3. The summed E-state index contributed by atoms with van der Waals surface area (Å²) in [6.45, 7) is 10.5. The molecule has 20 heavy (non-hydrogen) atoms. The molecule has 1 aromatic heterocycles. The Morgan fingerprint density at radius 1 is 1.35 bits per heavy atom. The van der Waals surface area contributed by atoms with Gasteiger partial charge in [-0.25, -0.2) is 0 Å². The van der Waals surface area contributed by atoms with Gasteiger partial charge in [-0.1, -0.05) is 6.92 Å². The van der Waals surface area contributed by atoms with Gasteiger partial charge in [0, 0.05) is 17.5 Å². The molecule has 0 aliphatic heterocycles. The predicted molar refractivity (Wildman–Crippen MR) is 83.3 cm³/mol. The van der Waals surface area contributed by atoms with Crippen LogP contribution in [0.2, 0.25) is 0 Å². The number of carbonyl (C=O) groups excluding carboxylic acids is 2. The topological polar surface area (TPSA) is 49.4 Å². The smallest absolute Gasteiger partial charge is 0.264 e. The van der Waals surface area contributed by atoms with Crippen LogP contribution in [0.25, 0.3) is 0 Å². The Labute approximate surface area is 125 Å². The average molecular weight is 296 g/mol. The molecule has 2 amide bonds. The predicted octanol–water partition coefficient (Wildman–Crippen LogP) is 2.61. The Balaban J connectivity index is 2.78. The molecule has 0 saturated heterocycles. The number of carbonyl (C=O) groups is 2. The van der Waals surface area contributed by atoms with Crippen molar-refractivity contribution in [3.05, 3.63) is 21.4 Å². The van der Waals surface area contributed by atoms with E-state index in [0.29, 0.717) is 6.54 Å². The van der Waals surface area contributed by atoms with Crippen LogP contribution >= 0.6 is 11.3 Å². The molecule has 1 rings (SSSR count). The lowest BCUT2D eigenvalue weighted by molar-refractivity contribution is -0.122. The van der Waals surface area contributed by atoms with Crippen molar-refractivity contribution in [1.29, 1.82) is 0 Å². The summed E-state index contributed by atoms with van der Waals surface area (Å²) in [6.07, 6.45) is 0.926. The lowest BCUT2D eigenvalue weighted by atomic mass is 10.2. The van der Waals surface area contributed by atoms with E-state index in [-0.39, 0.29) is 24.4 Å². The molecule has 0 saturated carbocycles. The van der Waals surface area contributed by atoms with E-state index in [9.17, 15) is 9.59 Å². The fourth-order valence-electron chi connectivity index (χ4n) is 2.00. The summed E-state index contributed by atoms with van der Waals surface area (Å²) in [5, 5.41) is 2.81. The van der Waals surface area contributed by atoms with Gasteiger partial charge in [0.15, 0.2) is 0 Å². The van der Waals surface area contributed by atoms with E-state index in [1.807, 2.05) is 33.8 Å². The van der Waals surface area contributed by atoms with Crippen molar-refractivity contribution in [1.82, 2.24) is 10.2 Å². The summed E-state index contributed by atoms with van der Waals surface area (Å²) in [4.78, 5) is 27.7. The minimum atomic E-state index is -0.112. The van der Waals surface area contributed by atoms with Gasteiger partial charge in [0.1, 0.15) is 0 Å². The fourth-order valence-corrected chi connectivity index (χ4v) is 3.08. The molecule has 112 valence electrons. The van der Waals surface area contributed by atoms with Crippen molar-refractivity contribution in [2.75, 3.05) is 13.1 Å². The minimum Gasteiger partial charge on any atom is -0.352 e. The summed E-state index contributed by atoms with van der Waals surface area (Å²) in [6, 6.07) is 2.04. The van der Waals surface area contributed by atoms with E-state index >= 15 is 0 Å². The van der Waals surface area contributed by atoms with Crippen LogP contribution in [0.5, 0.6) is 0 Å². The highest BCUT2D eigenvalue weighted by molar-refractivity contribution is 7.14. The maximum Gasteiger partial charge on any atom is 0.264 e. The van der Waals surface area contributed by atoms with E-state index in [4.69, 9.17) is 0 Å². The van der Waals surface area contributed by atoms with Gasteiger partial charge < -0.3 is 10.2 Å². The molecule has 0 fully saturated rings. The summed E-state index contributed by atoms with van der Waals surface area (Å²) in [5.74, 6) is -0.168. The summed E-state index contributed by atoms with van der Waals surface area (Å²) >= 11 is 1.51. The van der Waals surface area contributed by atoms with Crippen LogP contribution in [-0.2, 0) is 11.2 Å². The first kappa shape index (κ1) is 16.7. The second-order valence-electron chi connectivity index (χ2n) is 5.09. The Bertz CT molecular complexity index is 480. The average Bonchev–Trinajstić information content (AvgIpc) is 2.75. The first-order valence-electron chi connectivity index (χ1n) is 7.06. The monoisotopic (exact) mass is 296 g/mol. The van der Waals surface area contributed by atoms with Gasteiger partial charge in [0.25, 0.3) is 5.91 Å². The number of hydrogen-bond donors (Lipinski definition) is 1. The summed E-state index contributed by atoms with van der Waals surface area (Å²) in [5.41, 5.74) is 1.21. The molecule has 0 unspecified atom stereocenters. The van der Waals surface area contributed by atoms with Gasteiger partial charge in [-0.3, -0.25) is 9.59 Å². The molecule has 0 aromatic carbocycles. The number of nitrogens with zero attached hydrogens (tertiary/aromatic N) is 1. The molecule has 0 radical (unpaired) electrons. The maximum absolute atomic E-state index is 12.4. The van der Waals surface area contributed by atoms with E-state index in [2.05, 4.69) is 12.2 Å². The number of thiophene rings is 1. The van der Waals surface area contributed by atoms with Crippen LogP contribution in [0.15, 0.2) is 6.07 Å². The van der Waals surface area contributed by atoms with Gasteiger partial charge >= 0.3 is 0 Å². The number of amides is 2. The van der Waals surface area contributed by atoms with Crippen molar-refractivity contribution >= 4 is 23.2 Å². The third kappa shape index (κ3) is 4.34. The first-order chi connectivity index (χ1) is 9.38. The van der Waals surface area contributed by atoms with Gasteiger partial charge in [-0.05, 0) is 45.7 Å². The normalized spacial score (nSPS) is 10.7. The molecule has 0 bridgehead atoms. The molecular weight excluding hydrogens is 272 g/mol. The highest BCUT2D eigenvalue weighted by atomic mass is 32.1. The zero-order valence-electron chi connectivity index (χ0n) is 12.9. The van der Waals surface area contributed by atoms with Crippen LogP contribution in [0.4, 0.5) is 0 Å². The first-order valence-corrected chi connectivity index (χ1v) is 7.88.